The number of nitrogens with one attached hydrogen (secondary N) is 1. The number of ether oxygens (including phenoxy) is 1. The molecule has 1 atom stereocenters. The van der Waals surface area contributed by atoms with Crippen LogP contribution in [0.5, 0.6) is 0 Å². The molecule has 0 radical (unpaired) electrons. The van der Waals surface area contributed by atoms with E-state index < -0.39 is 6.04 Å². The number of hydrogen-bond donors (Lipinski definition) is 2. The zero-order valence-electron chi connectivity index (χ0n) is 12.4. The molecule has 1 unspecified atom stereocenters. The average Bonchev–Trinajstić information content (AvgIpc) is 2.37. The van der Waals surface area contributed by atoms with Crippen molar-refractivity contribution in [1.82, 2.24) is 0 Å². The molecule has 0 saturated carbocycles. The van der Waals surface area contributed by atoms with Crippen molar-refractivity contribution in [3.63, 3.8) is 0 Å². The second-order valence-corrected chi connectivity index (χ2v) is 4.94. The predicted molar refractivity (Wildman–Crippen MR) is 85.1 cm³/mol. The number of hydrogen-bond acceptors (Lipinski definition) is 3. The number of benzene rings is 1. The molecule has 114 valence electrons. The molecule has 0 bridgehead atoms. The van der Waals surface area contributed by atoms with Crippen molar-refractivity contribution < 1.29 is 9.53 Å². The highest BCUT2D eigenvalue weighted by Gasteiger charge is 2.12. The van der Waals surface area contributed by atoms with Crippen molar-refractivity contribution >= 4 is 24.0 Å². The van der Waals surface area contributed by atoms with Gasteiger partial charge in [-0.05, 0) is 38.0 Å². The van der Waals surface area contributed by atoms with E-state index in [9.17, 15) is 4.79 Å². The highest BCUT2D eigenvalue weighted by molar-refractivity contribution is 5.94. The van der Waals surface area contributed by atoms with Gasteiger partial charge in [-0.1, -0.05) is 25.5 Å². The molecule has 1 amide bonds. The van der Waals surface area contributed by atoms with E-state index >= 15 is 0 Å². The molecule has 0 aliphatic carbocycles. The molecule has 1 aromatic carbocycles. The number of amides is 1. The molecule has 4 nitrogen and oxygen atoms in total. The fourth-order valence-electron chi connectivity index (χ4n) is 1.68. The molecular weight excluding hydrogens is 276 g/mol. The lowest BCUT2D eigenvalue weighted by Gasteiger charge is -2.12. The second kappa shape index (κ2) is 9.75. The summed E-state index contributed by atoms with van der Waals surface area (Å²) in [7, 11) is 0. The summed E-state index contributed by atoms with van der Waals surface area (Å²) in [6.07, 6.45) is 1.79. The first-order valence-corrected chi connectivity index (χ1v) is 6.80. The van der Waals surface area contributed by atoms with Gasteiger partial charge in [0, 0.05) is 5.69 Å². The fourth-order valence-corrected chi connectivity index (χ4v) is 1.68. The lowest BCUT2D eigenvalue weighted by atomic mass is 10.1. The van der Waals surface area contributed by atoms with Gasteiger partial charge in [0.25, 0.3) is 0 Å². The highest BCUT2D eigenvalue weighted by atomic mass is 35.5. The quantitative estimate of drug-likeness (QED) is 0.813. The molecule has 5 heteroatoms. The Morgan fingerprint density at radius 3 is 2.70 bits per heavy atom. The van der Waals surface area contributed by atoms with Gasteiger partial charge in [0.15, 0.2) is 0 Å². The maximum atomic E-state index is 11.8. The van der Waals surface area contributed by atoms with Crippen molar-refractivity contribution in [2.24, 2.45) is 5.73 Å². The smallest absolute Gasteiger partial charge is 0.241 e. The Morgan fingerprint density at radius 1 is 1.40 bits per heavy atom. The molecule has 0 saturated heterocycles. The Bertz CT molecular complexity index is 411. The first-order chi connectivity index (χ1) is 9.02. The molecule has 0 aromatic heterocycles. The molecule has 0 aliphatic rings. The van der Waals surface area contributed by atoms with Crippen LogP contribution in [0, 0.1) is 0 Å². The summed E-state index contributed by atoms with van der Waals surface area (Å²) in [5.41, 5.74) is 7.58. The SMILES string of the molecule is CCCC(N)C(=O)Nc1cccc(COC(C)C)c1.Cl. The van der Waals surface area contributed by atoms with Gasteiger partial charge in [0.2, 0.25) is 5.91 Å². The van der Waals surface area contributed by atoms with Crippen molar-refractivity contribution in [3.8, 4) is 0 Å². The average molecular weight is 301 g/mol. The van der Waals surface area contributed by atoms with Gasteiger partial charge in [-0.25, -0.2) is 0 Å². The van der Waals surface area contributed by atoms with Gasteiger partial charge >= 0.3 is 0 Å². The van der Waals surface area contributed by atoms with Crippen LogP contribution in [0.2, 0.25) is 0 Å². The van der Waals surface area contributed by atoms with Gasteiger partial charge in [-0.15, -0.1) is 12.4 Å². The summed E-state index contributed by atoms with van der Waals surface area (Å²) >= 11 is 0. The first-order valence-electron chi connectivity index (χ1n) is 6.80. The molecule has 0 aliphatic heterocycles. The monoisotopic (exact) mass is 300 g/mol. The Balaban J connectivity index is 0.00000361. The van der Waals surface area contributed by atoms with E-state index in [0.717, 1.165) is 17.7 Å². The third kappa shape index (κ3) is 6.89. The lowest BCUT2D eigenvalue weighted by molar-refractivity contribution is -0.117. The van der Waals surface area contributed by atoms with Crippen molar-refractivity contribution in [3.05, 3.63) is 29.8 Å². The van der Waals surface area contributed by atoms with E-state index in [-0.39, 0.29) is 24.4 Å². The number of nitrogens with two attached hydrogens (primary N) is 1. The maximum absolute atomic E-state index is 11.8. The topological polar surface area (TPSA) is 64.4 Å². The summed E-state index contributed by atoms with van der Waals surface area (Å²) in [6.45, 7) is 6.55. The van der Waals surface area contributed by atoms with Crippen LogP contribution >= 0.6 is 12.4 Å². The van der Waals surface area contributed by atoms with Crippen LogP contribution in [0.4, 0.5) is 5.69 Å². The van der Waals surface area contributed by atoms with E-state index in [0.29, 0.717) is 13.0 Å². The van der Waals surface area contributed by atoms with Gasteiger partial charge in [-0.2, -0.15) is 0 Å². The minimum atomic E-state index is -0.444. The normalized spacial score (nSPS) is 11.8. The number of anilines is 1. The van der Waals surface area contributed by atoms with Crippen molar-refractivity contribution in [2.75, 3.05) is 5.32 Å². The number of rotatable bonds is 7. The van der Waals surface area contributed by atoms with Gasteiger partial charge in [0.1, 0.15) is 0 Å². The molecular formula is C15H25ClN2O2. The van der Waals surface area contributed by atoms with Crippen LogP contribution in [0.3, 0.4) is 0 Å². The first kappa shape index (κ1) is 18.9. The fraction of sp³-hybridized carbons (Fsp3) is 0.533. The second-order valence-electron chi connectivity index (χ2n) is 4.94. The minimum Gasteiger partial charge on any atom is -0.374 e. The third-order valence-electron chi connectivity index (χ3n) is 2.71. The van der Waals surface area contributed by atoms with Crippen LogP contribution in [-0.4, -0.2) is 18.1 Å². The zero-order chi connectivity index (χ0) is 14.3. The molecule has 0 fully saturated rings. The molecule has 1 aromatic rings. The Kier molecular flexibility index (Phi) is 9.21. The Hall–Kier alpha value is -1.10. The van der Waals surface area contributed by atoms with E-state index in [4.69, 9.17) is 10.5 Å². The minimum absolute atomic E-state index is 0. The molecule has 0 heterocycles. The number of carbonyl (C=O) groups excluding carboxylic acids is 1. The van der Waals surface area contributed by atoms with Crippen LogP contribution in [0.15, 0.2) is 24.3 Å². The standard InChI is InChI=1S/C15H24N2O2.ClH/c1-4-6-14(16)15(18)17-13-8-5-7-12(9-13)10-19-11(2)3;/h5,7-9,11,14H,4,6,10,16H2,1-3H3,(H,17,18);1H. The van der Waals surface area contributed by atoms with E-state index in [2.05, 4.69) is 5.32 Å². The summed E-state index contributed by atoms with van der Waals surface area (Å²) < 4.78 is 5.54. The summed E-state index contributed by atoms with van der Waals surface area (Å²) in [5, 5.41) is 2.84. The molecule has 3 N–H and O–H groups in total. The Morgan fingerprint density at radius 2 is 2.10 bits per heavy atom. The van der Waals surface area contributed by atoms with Crippen molar-refractivity contribution in [1.29, 1.82) is 0 Å². The zero-order valence-corrected chi connectivity index (χ0v) is 13.2. The largest absolute Gasteiger partial charge is 0.374 e. The van der Waals surface area contributed by atoms with Crippen LogP contribution in [0.1, 0.15) is 39.2 Å². The van der Waals surface area contributed by atoms with Crippen LogP contribution in [-0.2, 0) is 16.1 Å². The predicted octanol–water partition coefficient (Wildman–Crippen LogP) is 3.10. The molecule has 0 spiro atoms. The third-order valence-corrected chi connectivity index (χ3v) is 2.71. The summed E-state index contributed by atoms with van der Waals surface area (Å²) in [6, 6.07) is 7.21. The van der Waals surface area contributed by atoms with E-state index in [1.807, 2.05) is 45.0 Å². The van der Waals surface area contributed by atoms with Gasteiger partial charge in [-0.3, -0.25) is 4.79 Å². The molecule has 20 heavy (non-hydrogen) atoms. The highest BCUT2D eigenvalue weighted by Crippen LogP contribution is 2.13. The van der Waals surface area contributed by atoms with Gasteiger partial charge in [0.05, 0.1) is 18.8 Å². The van der Waals surface area contributed by atoms with Gasteiger partial charge < -0.3 is 15.8 Å². The van der Waals surface area contributed by atoms with E-state index in [1.54, 1.807) is 0 Å². The van der Waals surface area contributed by atoms with Crippen LogP contribution in [0.25, 0.3) is 0 Å². The Labute approximate surface area is 127 Å². The summed E-state index contributed by atoms with van der Waals surface area (Å²) in [5.74, 6) is -0.135. The molecule has 1 rings (SSSR count). The van der Waals surface area contributed by atoms with Crippen molar-refractivity contribution in [2.45, 2.75) is 52.4 Å². The lowest BCUT2D eigenvalue weighted by Crippen LogP contribution is -2.35. The maximum Gasteiger partial charge on any atom is 0.241 e. The summed E-state index contributed by atoms with van der Waals surface area (Å²) in [4.78, 5) is 11.8. The van der Waals surface area contributed by atoms with E-state index in [1.165, 1.54) is 0 Å². The number of carbonyl (C=O) groups is 1. The van der Waals surface area contributed by atoms with Crippen LogP contribution < -0.4 is 11.1 Å². The number of halogens is 1.